The van der Waals surface area contributed by atoms with E-state index in [1.165, 1.54) is 7.11 Å². The van der Waals surface area contributed by atoms with Crippen LogP contribution < -0.4 is 4.74 Å². The largest absolute Gasteiger partial charge is 0.457 e. The Labute approximate surface area is 146 Å². The van der Waals surface area contributed by atoms with Crippen molar-refractivity contribution in [1.29, 1.82) is 0 Å². The van der Waals surface area contributed by atoms with Gasteiger partial charge in [0.2, 0.25) is 0 Å². The molecule has 0 unspecified atom stereocenters. The molecule has 0 heterocycles. The van der Waals surface area contributed by atoms with Crippen LogP contribution in [0, 0.1) is 0 Å². The molecular weight excluding hydrogens is 328 g/mol. The van der Waals surface area contributed by atoms with Gasteiger partial charge in [-0.25, -0.2) is 0 Å². The Morgan fingerprint density at radius 1 is 0.958 bits per heavy atom. The van der Waals surface area contributed by atoms with Crippen LogP contribution in [-0.4, -0.2) is 25.1 Å². The molecule has 0 aliphatic carbocycles. The van der Waals surface area contributed by atoms with E-state index >= 15 is 0 Å². The Hall–Kier alpha value is -2.53. The third-order valence-electron chi connectivity index (χ3n) is 3.03. The van der Waals surface area contributed by atoms with Crippen LogP contribution in [0.3, 0.4) is 0 Å². The second kappa shape index (κ2) is 8.93. The predicted octanol–water partition coefficient (Wildman–Crippen LogP) is 4.90. The topological polar surface area (TPSA) is 52.4 Å². The Morgan fingerprint density at radius 2 is 1.54 bits per heavy atom. The molecule has 0 aromatic heterocycles. The molecule has 0 fully saturated rings. The first-order valence-electron chi connectivity index (χ1n) is 7.46. The maximum absolute atomic E-state index is 5.87. The van der Waals surface area contributed by atoms with Gasteiger partial charge in [0.05, 0.1) is 0 Å². The van der Waals surface area contributed by atoms with Crippen molar-refractivity contribution in [3.8, 4) is 11.5 Å². The highest BCUT2D eigenvalue weighted by Gasteiger charge is 2.10. The van der Waals surface area contributed by atoms with E-state index in [4.69, 9.17) is 26.0 Å². The third kappa shape index (κ3) is 4.99. The Morgan fingerprint density at radius 3 is 2.08 bits per heavy atom. The molecule has 24 heavy (non-hydrogen) atoms. The van der Waals surface area contributed by atoms with Crippen LogP contribution in [0.2, 0.25) is 5.02 Å². The quantitative estimate of drug-likeness (QED) is 0.529. The summed E-state index contributed by atoms with van der Waals surface area (Å²) in [6, 6.07) is 14.7. The lowest BCUT2D eigenvalue weighted by molar-refractivity contribution is 0.159. The van der Waals surface area contributed by atoms with Crippen molar-refractivity contribution in [2.24, 2.45) is 10.3 Å². The molecule has 0 saturated heterocycles. The van der Waals surface area contributed by atoms with Gasteiger partial charge in [-0.1, -0.05) is 21.9 Å². The molecule has 0 amide bonds. The lowest BCUT2D eigenvalue weighted by atomic mass is 10.1. The average Bonchev–Trinajstić information content (AvgIpc) is 2.59. The minimum Gasteiger partial charge on any atom is -0.457 e. The fourth-order valence-corrected chi connectivity index (χ4v) is 2.08. The van der Waals surface area contributed by atoms with Crippen LogP contribution >= 0.6 is 11.6 Å². The van der Waals surface area contributed by atoms with E-state index in [1.807, 2.05) is 43.3 Å². The molecule has 0 aliphatic rings. The molecule has 0 spiro atoms. The van der Waals surface area contributed by atoms with Crippen LogP contribution in [0.4, 0.5) is 0 Å². The Kier molecular flexibility index (Phi) is 6.63. The number of rotatable bonds is 7. The number of hydrogen-bond donors (Lipinski definition) is 0. The second-order valence-electron chi connectivity index (χ2n) is 4.80. The lowest BCUT2D eigenvalue weighted by Gasteiger charge is -2.08. The first kappa shape index (κ1) is 17.8. The average molecular weight is 347 g/mol. The molecule has 0 bridgehead atoms. The molecule has 5 nitrogen and oxygen atoms in total. The summed E-state index contributed by atoms with van der Waals surface area (Å²) in [5.74, 6) is 1.42. The van der Waals surface area contributed by atoms with Crippen LogP contribution in [-0.2, 0) is 9.68 Å². The van der Waals surface area contributed by atoms with Gasteiger partial charge < -0.3 is 14.4 Å². The summed E-state index contributed by atoms with van der Waals surface area (Å²) in [7, 11) is 1.49. The summed E-state index contributed by atoms with van der Waals surface area (Å²) in [6.45, 7) is 4.15. The van der Waals surface area contributed by atoms with E-state index in [1.54, 1.807) is 19.1 Å². The van der Waals surface area contributed by atoms with Gasteiger partial charge >= 0.3 is 0 Å². The minimum absolute atomic E-state index is 0.474. The summed E-state index contributed by atoms with van der Waals surface area (Å²) >= 11 is 5.87. The number of nitrogens with zero attached hydrogens (tertiary/aromatic N) is 2. The number of ether oxygens (including phenoxy) is 1. The summed E-state index contributed by atoms with van der Waals surface area (Å²) in [5, 5.41) is 8.69. The van der Waals surface area contributed by atoms with Crippen molar-refractivity contribution in [2.45, 2.75) is 13.8 Å². The first-order valence-corrected chi connectivity index (χ1v) is 7.83. The van der Waals surface area contributed by atoms with Crippen LogP contribution in [0.15, 0.2) is 58.8 Å². The van der Waals surface area contributed by atoms with E-state index in [0.29, 0.717) is 34.6 Å². The zero-order chi connectivity index (χ0) is 17.4. The molecule has 0 aliphatic heterocycles. The van der Waals surface area contributed by atoms with Crippen molar-refractivity contribution in [3.63, 3.8) is 0 Å². The van der Waals surface area contributed by atoms with Crippen molar-refractivity contribution in [1.82, 2.24) is 0 Å². The van der Waals surface area contributed by atoms with Crippen LogP contribution in [0.1, 0.15) is 19.4 Å². The monoisotopic (exact) mass is 346 g/mol. The molecule has 2 rings (SSSR count). The smallest absolute Gasteiger partial charge is 0.134 e. The van der Waals surface area contributed by atoms with Gasteiger partial charge in [-0.3, -0.25) is 0 Å². The van der Waals surface area contributed by atoms with Crippen molar-refractivity contribution in [3.05, 3.63) is 59.1 Å². The molecule has 0 N–H and O–H groups in total. The Bertz CT molecular complexity index is 710. The van der Waals surface area contributed by atoms with E-state index in [9.17, 15) is 0 Å². The molecular formula is C18H19ClN2O3. The lowest BCUT2D eigenvalue weighted by Crippen LogP contribution is -2.13. The van der Waals surface area contributed by atoms with Gasteiger partial charge in [0, 0.05) is 10.6 Å². The zero-order valence-electron chi connectivity index (χ0n) is 13.8. The SMILES string of the molecule is CCO/N=C(/C(C)=N/OC)c1ccc(Oc2ccc(Cl)cc2)cc1. The van der Waals surface area contributed by atoms with Gasteiger partial charge in [-0.2, -0.15) is 0 Å². The summed E-state index contributed by atoms with van der Waals surface area (Å²) in [6.07, 6.45) is 0. The van der Waals surface area contributed by atoms with Crippen LogP contribution in [0.5, 0.6) is 11.5 Å². The van der Waals surface area contributed by atoms with Crippen molar-refractivity contribution in [2.75, 3.05) is 13.7 Å². The second-order valence-corrected chi connectivity index (χ2v) is 5.23. The summed E-state index contributed by atoms with van der Waals surface area (Å²) in [5.41, 5.74) is 2.08. The highest BCUT2D eigenvalue weighted by atomic mass is 35.5. The highest BCUT2D eigenvalue weighted by molar-refractivity contribution is 6.47. The molecule has 2 aromatic rings. The van der Waals surface area contributed by atoms with Gasteiger partial charge in [0.25, 0.3) is 0 Å². The maximum Gasteiger partial charge on any atom is 0.134 e. The first-order chi connectivity index (χ1) is 11.6. The maximum atomic E-state index is 5.87. The fraction of sp³-hybridized carbons (Fsp3) is 0.222. The summed E-state index contributed by atoms with van der Waals surface area (Å²) < 4.78 is 5.77. The number of hydrogen-bond acceptors (Lipinski definition) is 5. The molecule has 126 valence electrons. The number of halogens is 1. The molecule has 2 aromatic carbocycles. The normalized spacial score (nSPS) is 12.0. The van der Waals surface area contributed by atoms with Crippen LogP contribution in [0.25, 0.3) is 0 Å². The third-order valence-corrected chi connectivity index (χ3v) is 3.28. The minimum atomic E-state index is 0.474. The zero-order valence-corrected chi connectivity index (χ0v) is 14.6. The van der Waals surface area contributed by atoms with Gasteiger partial charge in [0.15, 0.2) is 0 Å². The van der Waals surface area contributed by atoms with Crippen molar-refractivity contribution < 1.29 is 14.4 Å². The molecule has 0 radical (unpaired) electrons. The van der Waals surface area contributed by atoms with E-state index in [-0.39, 0.29) is 0 Å². The van der Waals surface area contributed by atoms with Gasteiger partial charge in [-0.15, -0.1) is 0 Å². The van der Waals surface area contributed by atoms with E-state index < -0.39 is 0 Å². The fourth-order valence-electron chi connectivity index (χ4n) is 1.96. The van der Waals surface area contributed by atoms with Gasteiger partial charge in [0.1, 0.15) is 36.6 Å². The summed E-state index contributed by atoms with van der Waals surface area (Å²) in [4.78, 5) is 9.98. The molecule has 0 atom stereocenters. The number of benzene rings is 2. The molecule has 0 saturated carbocycles. The predicted molar refractivity (Wildman–Crippen MR) is 96.2 cm³/mol. The van der Waals surface area contributed by atoms with Gasteiger partial charge in [-0.05, 0) is 62.4 Å². The number of oxime groups is 2. The molecule has 6 heteroatoms. The standard InChI is InChI=1S/C18H19ClN2O3/c1-4-23-21-18(13(2)20-22-3)14-5-9-16(10-6-14)24-17-11-7-15(19)8-12-17/h5-12H,4H2,1-3H3/b20-13+,21-18-. The van der Waals surface area contributed by atoms with E-state index in [0.717, 1.165) is 5.56 Å². The Balaban J connectivity index is 2.19. The highest BCUT2D eigenvalue weighted by Crippen LogP contribution is 2.23. The van der Waals surface area contributed by atoms with Crippen molar-refractivity contribution >= 4 is 23.0 Å². The van der Waals surface area contributed by atoms with E-state index in [2.05, 4.69) is 10.3 Å².